The average molecular weight is 553 g/mol. The molecule has 1 aliphatic carbocycles. The molecule has 0 bridgehead atoms. The molecule has 1 atom stereocenters. The molecule has 2 aromatic rings. The number of anilines is 1. The van der Waals surface area contributed by atoms with Gasteiger partial charge < -0.3 is 20.7 Å². The molecule has 4 rings (SSSR count). The van der Waals surface area contributed by atoms with E-state index in [1.165, 1.54) is 4.31 Å². The molecular weight excluding hydrogens is 517 g/mol. The zero-order valence-corrected chi connectivity index (χ0v) is 22.5. The number of hydrogen-bond acceptors (Lipinski definition) is 6. The van der Waals surface area contributed by atoms with Crippen molar-refractivity contribution in [2.24, 2.45) is 5.73 Å². The van der Waals surface area contributed by atoms with Crippen molar-refractivity contribution in [1.82, 2.24) is 9.62 Å². The molecule has 0 amide bonds. The number of nitrogens with zero attached hydrogens (tertiary/aromatic N) is 2. The third kappa shape index (κ3) is 6.27. The first-order valence-electron chi connectivity index (χ1n) is 12.8. The average Bonchev–Trinajstić information content (AvgIpc) is 3.33. The molecule has 1 saturated carbocycles. The molecule has 1 heterocycles. The fraction of sp³-hybridized carbons (Fsp3) is 0.481. The predicted octanol–water partition coefficient (Wildman–Crippen LogP) is 4.37. The van der Waals surface area contributed by atoms with Gasteiger partial charge in [0.1, 0.15) is 0 Å². The van der Waals surface area contributed by atoms with E-state index in [0.29, 0.717) is 18.8 Å². The van der Waals surface area contributed by atoms with Crippen molar-refractivity contribution in [3.63, 3.8) is 0 Å². The first kappa shape index (κ1) is 28.3. The smallest absolute Gasteiger partial charge is 0.399 e. The highest BCUT2D eigenvalue weighted by Gasteiger charge is 2.37. The molecule has 0 saturated heterocycles. The van der Waals surface area contributed by atoms with E-state index in [1.54, 1.807) is 13.2 Å². The maximum Gasteiger partial charge on any atom is 0.416 e. The monoisotopic (exact) mass is 552 g/mol. The Balaban J connectivity index is 1.73. The number of alkyl halides is 3. The standard InChI is InChI=1S/C27H35F3N4O3S/c1-19-6-5-9-26-25(19)17-33(38(35,36)24-12-10-20(11-13-24)27(28,29)30)16-22(18-37-23-7-3-4-8-23)34(26)15-21(31)14-32-2/h5-6,9-14,22-23,32H,3-4,7-8,15-18,31H2,1-2H3/b21-14-. The fourth-order valence-electron chi connectivity index (χ4n) is 5.17. The Hall–Kier alpha value is -2.76. The van der Waals surface area contributed by atoms with E-state index in [0.717, 1.165) is 66.8 Å². The van der Waals surface area contributed by atoms with Crippen LogP contribution in [0, 0.1) is 6.92 Å². The van der Waals surface area contributed by atoms with Gasteiger partial charge in [0.2, 0.25) is 10.0 Å². The molecule has 2 aromatic carbocycles. The summed E-state index contributed by atoms with van der Waals surface area (Å²) in [5.41, 5.74) is 8.57. The van der Waals surface area contributed by atoms with Crippen LogP contribution < -0.4 is 16.0 Å². The zero-order valence-electron chi connectivity index (χ0n) is 21.7. The second-order valence-electron chi connectivity index (χ2n) is 9.92. The fourth-order valence-corrected chi connectivity index (χ4v) is 6.61. The van der Waals surface area contributed by atoms with Gasteiger partial charge in [-0.25, -0.2) is 8.42 Å². The normalized spacial score (nSPS) is 19.9. The first-order chi connectivity index (χ1) is 18.0. The minimum Gasteiger partial charge on any atom is -0.399 e. The molecule has 1 aliphatic heterocycles. The Morgan fingerprint density at radius 1 is 1.16 bits per heavy atom. The second kappa shape index (κ2) is 11.5. The lowest BCUT2D eigenvalue weighted by Crippen LogP contribution is -2.48. The van der Waals surface area contributed by atoms with Crippen LogP contribution >= 0.6 is 0 Å². The van der Waals surface area contributed by atoms with Gasteiger partial charge in [-0.2, -0.15) is 17.5 Å². The van der Waals surface area contributed by atoms with Crippen molar-refractivity contribution in [2.75, 3.05) is 31.6 Å². The van der Waals surface area contributed by atoms with Gasteiger partial charge in [-0.3, -0.25) is 0 Å². The van der Waals surface area contributed by atoms with Crippen LogP contribution in [0.4, 0.5) is 18.9 Å². The summed E-state index contributed by atoms with van der Waals surface area (Å²) in [6.07, 6.45) is 1.43. The van der Waals surface area contributed by atoms with E-state index in [9.17, 15) is 21.6 Å². The van der Waals surface area contributed by atoms with Crippen LogP contribution in [0.5, 0.6) is 0 Å². The first-order valence-corrected chi connectivity index (χ1v) is 14.2. The van der Waals surface area contributed by atoms with E-state index in [4.69, 9.17) is 10.5 Å². The molecular formula is C27H35F3N4O3S. The van der Waals surface area contributed by atoms with Gasteiger partial charge >= 0.3 is 6.18 Å². The van der Waals surface area contributed by atoms with Gasteiger partial charge in [-0.15, -0.1) is 0 Å². The van der Waals surface area contributed by atoms with Crippen molar-refractivity contribution in [3.8, 4) is 0 Å². The van der Waals surface area contributed by atoms with E-state index in [2.05, 4.69) is 10.2 Å². The van der Waals surface area contributed by atoms with Gasteiger partial charge in [-0.05, 0) is 61.2 Å². The number of nitrogens with two attached hydrogens (primary N) is 1. The quantitative estimate of drug-likeness (QED) is 0.506. The zero-order chi connectivity index (χ0) is 27.5. The van der Waals surface area contributed by atoms with Crippen LogP contribution in [0.3, 0.4) is 0 Å². The lowest BCUT2D eigenvalue weighted by Gasteiger charge is -2.35. The van der Waals surface area contributed by atoms with Crippen LogP contribution in [0.2, 0.25) is 0 Å². The van der Waals surface area contributed by atoms with Gasteiger partial charge in [0.15, 0.2) is 0 Å². The van der Waals surface area contributed by atoms with Crippen molar-refractivity contribution in [3.05, 3.63) is 71.1 Å². The minimum atomic E-state index is -4.55. The van der Waals surface area contributed by atoms with Crippen molar-refractivity contribution in [2.45, 2.75) is 62.4 Å². The summed E-state index contributed by atoms with van der Waals surface area (Å²) in [6.45, 7) is 2.74. The van der Waals surface area contributed by atoms with Gasteiger partial charge in [-0.1, -0.05) is 25.0 Å². The van der Waals surface area contributed by atoms with Crippen LogP contribution in [-0.4, -0.2) is 51.6 Å². The molecule has 2 aliphatic rings. The van der Waals surface area contributed by atoms with E-state index in [1.807, 2.05) is 25.1 Å². The number of halogens is 3. The summed E-state index contributed by atoms with van der Waals surface area (Å²) < 4.78 is 74.5. The van der Waals surface area contributed by atoms with Crippen LogP contribution in [0.15, 0.2) is 59.3 Å². The molecule has 3 N–H and O–H groups in total. The third-order valence-corrected chi connectivity index (χ3v) is 9.04. The number of nitrogens with one attached hydrogen (secondary N) is 1. The molecule has 0 aromatic heterocycles. The maximum absolute atomic E-state index is 13.8. The number of sulfonamides is 1. The highest BCUT2D eigenvalue weighted by atomic mass is 32.2. The Bertz CT molecular complexity index is 1240. The van der Waals surface area contributed by atoms with Crippen molar-refractivity contribution >= 4 is 15.7 Å². The predicted molar refractivity (Wildman–Crippen MR) is 141 cm³/mol. The topological polar surface area (TPSA) is 87.9 Å². The summed E-state index contributed by atoms with van der Waals surface area (Å²) in [6, 6.07) is 9.09. The summed E-state index contributed by atoms with van der Waals surface area (Å²) in [5.74, 6) is 0. The van der Waals surface area contributed by atoms with Crippen LogP contribution in [0.25, 0.3) is 0 Å². The number of benzene rings is 2. The molecule has 0 radical (unpaired) electrons. The number of aryl methyl sites for hydroxylation is 1. The van der Waals surface area contributed by atoms with Gasteiger partial charge in [0, 0.05) is 37.7 Å². The summed E-state index contributed by atoms with van der Waals surface area (Å²) >= 11 is 0. The summed E-state index contributed by atoms with van der Waals surface area (Å²) in [4.78, 5) is 1.90. The molecule has 38 heavy (non-hydrogen) atoms. The van der Waals surface area contributed by atoms with Crippen molar-refractivity contribution < 1.29 is 26.3 Å². The lowest BCUT2D eigenvalue weighted by molar-refractivity contribution is -0.137. The number of hydrogen-bond donors (Lipinski definition) is 2. The van der Waals surface area contributed by atoms with E-state index >= 15 is 0 Å². The van der Waals surface area contributed by atoms with E-state index < -0.39 is 21.8 Å². The molecule has 1 fully saturated rings. The Labute approximate surface area is 222 Å². The number of ether oxygens (including phenoxy) is 1. The van der Waals surface area contributed by atoms with Crippen LogP contribution in [0.1, 0.15) is 42.4 Å². The number of fused-ring (bicyclic) bond motifs is 1. The Kier molecular flexibility index (Phi) is 8.59. The number of rotatable bonds is 8. The second-order valence-corrected chi connectivity index (χ2v) is 11.9. The highest BCUT2D eigenvalue weighted by molar-refractivity contribution is 7.89. The summed E-state index contributed by atoms with van der Waals surface area (Å²) in [7, 11) is -2.36. The molecule has 11 heteroatoms. The molecule has 1 unspecified atom stereocenters. The Morgan fingerprint density at radius 3 is 2.47 bits per heavy atom. The largest absolute Gasteiger partial charge is 0.416 e. The maximum atomic E-state index is 13.8. The highest BCUT2D eigenvalue weighted by Crippen LogP contribution is 2.35. The van der Waals surface area contributed by atoms with Crippen LogP contribution in [-0.2, 0) is 27.5 Å². The van der Waals surface area contributed by atoms with E-state index in [-0.39, 0.29) is 30.1 Å². The van der Waals surface area contributed by atoms with Gasteiger partial charge in [0.25, 0.3) is 0 Å². The van der Waals surface area contributed by atoms with Crippen molar-refractivity contribution in [1.29, 1.82) is 0 Å². The third-order valence-electron chi connectivity index (χ3n) is 7.21. The lowest BCUT2D eigenvalue weighted by atomic mass is 10.1. The SMILES string of the molecule is CN/C=C(\N)CN1c2cccc(C)c2CN(S(=O)(=O)c2ccc(C(F)(F)F)cc2)CC1COC1CCCC1. The Morgan fingerprint density at radius 2 is 1.84 bits per heavy atom. The molecule has 0 spiro atoms. The van der Waals surface area contributed by atoms with Gasteiger partial charge in [0.05, 0.1) is 35.8 Å². The molecule has 7 nitrogen and oxygen atoms in total. The molecule has 208 valence electrons. The minimum absolute atomic E-state index is 0.0808. The summed E-state index contributed by atoms with van der Waals surface area (Å²) in [5, 5.41) is 2.94.